The molecule has 2 heteroatoms. The first-order valence-electron chi connectivity index (χ1n) is 21.3. The van der Waals surface area contributed by atoms with Gasteiger partial charge in [0, 0.05) is 37.2 Å². The molecule has 0 radical (unpaired) electrons. The lowest BCUT2D eigenvalue weighted by atomic mass is 9.80. The van der Waals surface area contributed by atoms with E-state index in [1.165, 1.54) is 97.0 Å². The van der Waals surface area contributed by atoms with Crippen LogP contribution in [0.2, 0.25) is 0 Å². The number of benzene rings is 10. The Balaban J connectivity index is 0.974. The molecule has 0 bridgehead atoms. The van der Waals surface area contributed by atoms with E-state index in [1.54, 1.807) is 0 Å². The van der Waals surface area contributed by atoms with Crippen LogP contribution in [0.5, 0.6) is 0 Å². The summed E-state index contributed by atoms with van der Waals surface area (Å²) >= 11 is 1.88. The molecular weight excluding hydrogens is 755 g/mol. The van der Waals surface area contributed by atoms with Crippen molar-refractivity contribution >= 4 is 87.0 Å². The molecule has 1 unspecified atom stereocenters. The lowest BCUT2D eigenvalue weighted by Crippen LogP contribution is -2.10. The van der Waals surface area contributed by atoms with Crippen LogP contribution < -0.4 is 4.90 Å². The number of fused-ring (bicyclic) bond motifs is 9. The van der Waals surface area contributed by atoms with Gasteiger partial charge in [-0.25, -0.2) is 0 Å². The standard InChI is InChI=1S/C59H41NS/c1-38-12-10-21-53-48-16-5-3-14-43(48)37-56(58(38)53)41-28-34-46(35-29-41)60(44-30-24-39(25-31-44)49-20-11-22-54-52-19-8-9-23-57(52)61-59(49)54)45-32-26-40(27-33-45)55-36-42-13-2-4-15-47(42)50-17-6-7-18-51(50)55/h2-11,13-38H,12H2,1H3. The zero-order valence-electron chi connectivity index (χ0n) is 33.8. The molecule has 0 spiro atoms. The van der Waals surface area contributed by atoms with Gasteiger partial charge in [-0.1, -0.05) is 165 Å². The van der Waals surface area contributed by atoms with Gasteiger partial charge >= 0.3 is 0 Å². The Bertz CT molecular complexity index is 3500. The van der Waals surface area contributed by atoms with Crippen LogP contribution >= 0.6 is 11.3 Å². The first-order valence-corrected chi connectivity index (χ1v) is 22.1. The van der Waals surface area contributed by atoms with E-state index in [-0.39, 0.29) is 0 Å². The van der Waals surface area contributed by atoms with Gasteiger partial charge in [-0.3, -0.25) is 0 Å². The van der Waals surface area contributed by atoms with Gasteiger partial charge in [0.15, 0.2) is 0 Å². The summed E-state index contributed by atoms with van der Waals surface area (Å²) in [5.74, 6) is 0.450. The summed E-state index contributed by atoms with van der Waals surface area (Å²) in [6.45, 7) is 2.37. The molecule has 1 aliphatic carbocycles. The van der Waals surface area contributed by atoms with Crippen LogP contribution in [0.3, 0.4) is 0 Å². The molecule has 0 aliphatic heterocycles. The van der Waals surface area contributed by atoms with Crippen LogP contribution in [0.1, 0.15) is 30.4 Å². The van der Waals surface area contributed by atoms with Crippen LogP contribution in [0.4, 0.5) is 17.1 Å². The van der Waals surface area contributed by atoms with Crippen molar-refractivity contribution in [1.29, 1.82) is 0 Å². The van der Waals surface area contributed by atoms with Crippen LogP contribution in [0.15, 0.2) is 206 Å². The molecule has 12 rings (SSSR count). The molecule has 11 aromatic rings. The molecule has 0 saturated carbocycles. The second-order valence-electron chi connectivity index (χ2n) is 16.5. The Hall–Kier alpha value is -7.26. The SMILES string of the molecule is CC1CC=Cc2c1c(-c1ccc(N(c3ccc(-c4cc5ccccc5c5ccccc45)cc3)c3ccc(-c4cccc5c4sc4ccccc45)cc3)cc1)cc1ccccc21. The van der Waals surface area contributed by atoms with Gasteiger partial charge in [0.25, 0.3) is 0 Å². The van der Waals surface area contributed by atoms with E-state index in [9.17, 15) is 0 Å². The molecule has 61 heavy (non-hydrogen) atoms. The number of anilines is 3. The molecule has 10 aromatic carbocycles. The lowest BCUT2D eigenvalue weighted by Gasteiger charge is -2.27. The fourth-order valence-electron chi connectivity index (χ4n) is 9.93. The Morgan fingerprint density at radius 3 is 1.62 bits per heavy atom. The van der Waals surface area contributed by atoms with Crippen molar-refractivity contribution in [3.8, 4) is 33.4 Å². The van der Waals surface area contributed by atoms with Gasteiger partial charge in [0.1, 0.15) is 0 Å². The summed E-state index contributed by atoms with van der Waals surface area (Å²) in [6.07, 6.45) is 5.74. The van der Waals surface area contributed by atoms with Gasteiger partial charge in [-0.15, -0.1) is 11.3 Å². The highest BCUT2D eigenvalue weighted by molar-refractivity contribution is 7.26. The molecule has 1 aliphatic rings. The van der Waals surface area contributed by atoms with E-state index in [0.717, 1.165) is 23.5 Å². The summed E-state index contributed by atoms with van der Waals surface area (Å²) < 4.78 is 2.66. The van der Waals surface area contributed by atoms with Gasteiger partial charge in [0.05, 0.1) is 0 Å². The average molecular weight is 796 g/mol. The van der Waals surface area contributed by atoms with Crippen molar-refractivity contribution in [3.05, 3.63) is 217 Å². The van der Waals surface area contributed by atoms with Crippen molar-refractivity contribution in [1.82, 2.24) is 0 Å². The van der Waals surface area contributed by atoms with Crippen molar-refractivity contribution in [2.75, 3.05) is 4.90 Å². The average Bonchev–Trinajstić information content (AvgIpc) is 3.71. The normalized spacial score (nSPS) is 13.7. The monoisotopic (exact) mass is 795 g/mol. The predicted molar refractivity (Wildman–Crippen MR) is 265 cm³/mol. The minimum absolute atomic E-state index is 0.450. The Labute approximate surface area is 360 Å². The summed E-state index contributed by atoms with van der Waals surface area (Å²) in [5, 5.41) is 10.4. The zero-order chi connectivity index (χ0) is 40.4. The summed E-state index contributed by atoms with van der Waals surface area (Å²) in [5.41, 5.74) is 13.7. The van der Waals surface area contributed by atoms with E-state index in [0.29, 0.717) is 5.92 Å². The topological polar surface area (TPSA) is 3.24 Å². The van der Waals surface area contributed by atoms with E-state index in [1.807, 2.05) is 11.3 Å². The minimum atomic E-state index is 0.450. The minimum Gasteiger partial charge on any atom is -0.311 e. The Morgan fingerprint density at radius 2 is 0.934 bits per heavy atom. The number of hydrogen-bond donors (Lipinski definition) is 0. The Kier molecular flexibility index (Phi) is 8.47. The van der Waals surface area contributed by atoms with Gasteiger partial charge in [-0.05, 0) is 144 Å². The molecule has 1 heterocycles. The number of nitrogens with zero attached hydrogens (tertiary/aromatic N) is 1. The highest BCUT2D eigenvalue weighted by atomic mass is 32.1. The molecule has 1 atom stereocenters. The lowest BCUT2D eigenvalue weighted by molar-refractivity contribution is 0.775. The third kappa shape index (κ3) is 5.98. The quantitative estimate of drug-likeness (QED) is 0.152. The number of allylic oxidation sites excluding steroid dienone is 1. The van der Waals surface area contributed by atoms with E-state index in [2.05, 4.69) is 224 Å². The second kappa shape index (κ2) is 14.5. The molecule has 1 aromatic heterocycles. The highest BCUT2D eigenvalue weighted by Gasteiger charge is 2.22. The van der Waals surface area contributed by atoms with Crippen LogP contribution in [-0.4, -0.2) is 0 Å². The largest absolute Gasteiger partial charge is 0.311 e. The molecule has 0 amide bonds. The van der Waals surface area contributed by atoms with E-state index < -0.39 is 0 Å². The molecule has 288 valence electrons. The summed E-state index contributed by atoms with van der Waals surface area (Å²) in [4.78, 5) is 2.40. The molecule has 0 N–H and O–H groups in total. The van der Waals surface area contributed by atoms with Gasteiger partial charge < -0.3 is 4.90 Å². The molecule has 1 nitrogen and oxygen atoms in total. The van der Waals surface area contributed by atoms with Gasteiger partial charge in [-0.2, -0.15) is 0 Å². The van der Waals surface area contributed by atoms with Crippen molar-refractivity contribution in [2.24, 2.45) is 0 Å². The van der Waals surface area contributed by atoms with Gasteiger partial charge in [0.2, 0.25) is 0 Å². The second-order valence-corrected chi connectivity index (χ2v) is 17.5. The maximum Gasteiger partial charge on any atom is 0.0462 e. The predicted octanol–water partition coefficient (Wildman–Crippen LogP) is 17.5. The van der Waals surface area contributed by atoms with Crippen LogP contribution in [0.25, 0.3) is 91.9 Å². The summed E-state index contributed by atoms with van der Waals surface area (Å²) in [7, 11) is 0. The third-order valence-corrected chi connectivity index (χ3v) is 14.1. The fraction of sp³-hybridized carbons (Fsp3) is 0.0508. The van der Waals surface area contributed by atoms with Crippen molar-refractivity contribution < 1.29 is 0 Å². The first kappa shape index (κ1) is 35.7. The first-order chi connectivity index (χ1) is 30.2. The smallest absolute Gasteiger partial charge is 0.0462 e. The maximum absolute atomic E-state index is 2.40. The number of hydrogen-bond acceptors (Lipinski definition) is 2. The van der Waals surface area contributed by atoms with Crippen molar-refractivity contribution in [2.45, 2.75) is 19.3 Å². The Morgan fingerprint density at radius 1 is 0.426 bits per heavy atom. The summed E-state index contributed by atoms with van der Waals surface area (Å²) in [6, 6.07) is 74.1. The maximum atomic E-state index is 2.40. The number of rotatable bonds is 6. The van der Waals surface area contributed by atoms with E-state index >= 15 is 0 Å². The van der Waals surface area contributed by atoms with Crippen LogP contribution in [0, 0.1) is 0 Å². The van der Waals surface area contributed by atoms with Crippen molar-refractivity contribution in [3.63, 3.8) is 0 Å². The molecule has 0 fully saturated rings. The van der Waals surface area contributed by atoms with Crippen LogP contribution in [-0.2, 0) is 0 Å². The highest BCUT2D eigenvalue weighted by Crippen LogP contribution is 2.45. The zero-order valence-corrected chi connectivity index (χ0v) is 34.7. The molecular formula is C59H41NS. The third-order valence-electron chi connectivity index (χ3n) is 12.9. The fourth-order valence-corrected chi connectivity index (χ4v) is 11.2. The van der Waals surface area contributed by atoms with E-state index in [4.69, 9.17) is 0 Å². The number of thiophene rings is 1. The molecule has 0 saturated heterocycles.